The second-order valence-corrected chi connectivity index (χ2v) is 28.9. The van der Waals surface area contributed by atoms with Crippen molar-refractivity contribution in [3.63, 3.8) is 0 Å². The highest BCUT2D eigenvalue weighted by Crippen LogP contribution is 2.38. The zero-order valence-corrected chi connectivity index (χ0v) is 60.5. The summed E-state index contributed by atoms with van der Waals surface area (Å²) in [6.45, 7) is 15.4. The van der Waals surface area contributed by atoms with E-state index in [1.54, 1.807) is 37.5 Å². The average molecular weight is 1460 g/mol. The summed E-state index contributed by atoms with van der Waals surface area (Å²) in [5.74, 6) is 5.13. The molecule has 27 nitrogen and oxygen atoms in total. The number of benzene rings is 3. The molecule has 3 amide bonds. The van der Waals surface area contributed by atoms with Crippen LogP contribution < -0.4 is 52.8 Å². The molecule has 13 rings (SSSR count). The van der Waals surface area contributed by atoms with Gasteiger partial charge in [-0.15, -0.1) is 11.3 Å². The SMILES string of the molecule is CCC(=O)Nc1ccc(Sc2nc(N=C(N)C=C(C)N)cc(N3CCC(C#N)CC3)n2)cc1.CCC(=O)Nc1ccc(Sc2nc(Nc3cc(C)[nH]n3)cc(N3CCC4(CC3)OCCO4)n2)cc1.CO[C@H]1CCN(c2cc(Nc3ncc(C)s3)nc(Sc3ccc(NC(=O)C4CC4)cc3)n2)C1.[HH].[HH].[HH].[HH].[HH].[HH].[HH]. The smallest absolute Gasteiger partial charge is 0.227 e. The Balaban J connectivity index is 0.000000332. The van der Waals surface area contributed by atoms with Crippen LogP contribution in [0.15, 0.2) is 150 Å². The van der Waals surface area contributed by atoms with E-state index in [0.717, 1.165) is 149 Å². The van der Waals surface area contributed by atoms with Gasteiger partial charge in [-0.3, -0.25) is 19.5 Å². The number of carbonyl (C=O) groups excluding carboxylic acids is 3. The highest BCUT2D eigenvalue weighted by Gasteiger charge is 2.40. The molecule has 4 saturated heterocycles. The Labute approximate surface area is 614 Å². The number of aliphatic imine (C=N–C) groups is 1. The first-order valence-corrected chi connectivity index (χ1v) is 36.8. The van der Waals surface area contributed by atoms with E-state index in [2.05, 4.69) is 72.5 Å². The van der Waals surface area contributed by atoms with Crippen LogP contribution in [-0.4, -0.2) is 140 Å². The fraction of sp³-hybridized carbons (Fsp3) is 0.386. The number of ether oxygens (including phenoxy) is 3. The normalized spacial score (nSPS) is 16.7. The predicted octanol–water partition coefficient (Wildman–Crippen LogP) is 14.1. The number of hydrogen-bond acceptors (Lipinski definition) is 26. The summed E-state index contributed by atoms with van der Waals surface area (Å²) in [7, 11) is 1.75. The number of carbonyl (C=O) groups is 3. The molecular weight excluding hydrogens is 1360 g/mol. The molecule has 4 aliphatic heterocycles. The van der Waals surface area contributed by atoms with Crippen LogP contribution in [-0.2, 0) is 28.6 Å². The number of amidine groups is 1. The van der Waals surface area contributed by atoms with Crippen LogP contribution in [0.4, 0.5) is 62.9 Å². The van der Waals surface area contributed by atoms with Gasteiger partial charge in [0.15, 0.2) is 38.0 Å². The number of nitriles is 1. The second kappa shape index (κ2) is 34.8. The molecule has 1 atom stereocenters. The summed E-state index contributed by atoms with van der Waals surface area (Å²) < 4.78 is 17.3. The zero-order chi connectivity index (χ0) is 70.8. The number of H-pyrrole nitrogens is 1. The van der Waals surface area contributed by atoms with Crippen LogP contribution in [0.5, 0.6) is 0 Å². The predicted molar refractivity (Wildman–Crippen MR) is 412 cm³/mol. The molecule has 1 saturated carbocycles. The minimum atomic E-state index is -0.441. The number of aryl methyl sites for hydroxylation is 2. The highest BCUT2D eigenvalue weighted by atomic mass is 32.2. The number of rotatable bonds is 22. The molecule has 0 bridgehead atoms. The minimum absolute atomic E-state index is 0. The van der Waals surface area contributed by atoms with Gasteiger partial charge in [0, 0.05) is 172 Å². The summed E-state index contributed by atoms with van der Waals surface area (Å²) in [4.78, 5) is 83.1. The zero-order valence-electron chi connectivity index (χ0n) is 57.2. The number of aromatic amines is 1. The quantitative estimate of drug-likeness (QED) is 0.0177. The molecule has 5 fully saturated rings. The van der Waals surface area contributed by atoms with E-state index in [0.29, 0.717) is 70.5 Å². The van der Waals surface area contributed by atoms with Crippen LogP contribution in [0, 0.1) is 37.0 Å². The summed E-state index contributed by atoms with van der Waals surface area (Å²) >= 11 is 5.95. The maximum absolute atomic E-state index is 12.0. The van der Waals surface area contributed by atoms with E-state index in [9.17, 15) is 19.6 Å². The third kappa shape index (κ3) is 21.6. The number of nitrogens with zero attached hydrogens (tertiary/aromatic N) is 13. The van der Waals surface area contributed by atoms with Gasteiger partial charge < -0.3 is 67.0 Å². The van der Waals surface area contributed by atoms with Gasteiger partial charge in [0.2, 0.25) is 17.7 Å². The van der Waals surface area contributed by atoms with Crippen molar-refractivity contribution in [2.24, 2.45) is 28.3 Å². The Hall–Kier alpha value is -9.42. The molecule has 10 N–H and O–H groups in total. The third-order valence-electron chi connectivity index (χ3n) is 16.6. The maximum atomic E-state index is 12.0. The van der Waals surface area contributed by atoms with Gasteiger partial charge in [0.25, 0.3) is 0 Å². The van der Waals surface area contributed by atoms with Gasteiger partial charge in [0.05, 0.1) is 25.4 Å². The van der Waals surface area contributed by atoms with Crippen molar-refractivity contribution < 1.29 is 38.6 Å². The lowest BCUT2D eigenvalue weighted by Crippen LogP contribution is -2.45. The number of nitrogens with two attached hydrogens (primary N) is 2. The highest BCUT2D eigenvalue weighted by molar-refractivity contribution is 7.99. The Kier molecular flexibility index (Phi) is 25.1. The Morgan fingerprint density at radius 2 is 1.21 bits per heavy atom. The number of piperidine rings is 2. The molecule has 0 unspecified atom stereocenters. The molecule has 1 spiro atoms. The topological polar surface area (TPSA) is 356 Å². The lowest BCUT2D eigenvalue weighted by Gasteiger charge is -2.38. The van der Waals surface area contributed by atoms with Gasteiger partial charge in [-0.2, -0.15) is 10.4 Å². The number of allylic oxidation sites excluding steroid dienone is 1. The number of methoxy groups -OCH3 is 1. The van der Waals surface area contributed by atoms with Gasteiger partial charge in [0.1, 0.15) is 34.9 Å². The fourth-order valence-electron chi connectivity index (χ4n) is 11.0. The molecule has 31 heteroatoms. The lowest BCUT2D eigenvalue weighted by atomic mass is 9.99. The Morgan fingerprint density at radius 1 is 0.693 bits per heavy atom. The molecule has 101 heavy (non-hydrogen) atoms. The second-order valence-electron chi connectivity index (χ2n) is 24.6. The van der Waals surface area contributed by atoms with Crippen molar-refractivity contribution >= 4 is 133 Å². The molecule has 8 aromatic rings. The fourth-order valence-corrected chi connectivity index (χ4v) is 14.0. The summed E-state index contributed by atoms with van der Waals surface area (Å²) in [5, 5.41) is 34.3. The number of hydrogen-bond donors (Lipinski definition) is 8. The van der Waals surface area contributed by atoms with Crippen molar-refractivity contribution in [3.8, 4) is 6.07 Å². The first-order valence-electron chi connectivity index (χ1n) is 33.5. The first kappa shape index (κ1) is 72.8. The standard InChI is InChI=1S/C24H29N7O3S.C23H28N8OS.C23H26N6O2S2.7H2/c1-3-22(32)25-17-4-6-18(7-5-17)35-23-27-19(26-20-14-16(2)29-30-20)15-21(28-23)31-10-8-24(9-11-31)33-12-13-34-24;1-3-22(32)27-17-4-6-18(7-5-17)33-23-29-20(28-19(26)12-15(2)25)13-21(30-23)31-10-8-16(14-24)9-11-31;1-14-12-24-22(32-14)26-19-11-20(29-10-9-17(13-29)31-2)28-23(27-19)33-18-7-5-16(6-8-18)25-21(30)15-3-4-15;;;;;;;/h4-7,14-15H,3,8-13H2,1-2H3,(H,25,32)(H2,26,27,28,29,30);4-7,12-13,16H,3,8-11,25H2,1-2H3,(H,27,32)(H2,26,28,29,30);5-8,11-12,15,17H,3-4,9-10,13H2,1-2H3,(H,25,30)(H,24,26,27,28);7*1H/t;;17-;;;;;;;/m..0......./s1. The minimum Gasteiger partial charge on any atom is -0.402 e. The van der Waals surface area contributed by atoms with Crippen LogP contribution in [0.1, 0.15) is 99.1 Å². The van der Waals surface area contributed by atoms with E-state index < -0.39 is 5.79 Å². The van der Waals surface area contributed by atoms with E-state index in [1.807, 2.05) is 125 Å². The molecule has 3 aromatic carbocycles. The summed E-state index contributed by atoms with van der Waals surface area (Å²) in [6, 6.07) is 33.0. The van der Waals surface area contributed by atoms with E-state index in [1.165, 1.54) is 35.3 Å². The van der Waals surface area contributed by atoms with Crippen LogP contribution in [0.3, 0.4) is 0 Å². The van der Waals surface area contributed by atoms with Crippen molar-refractivity contribution in [1.29, 1.82) is 5.26 Å². The summed E-state index contributed by atoms with van der Waals surface area (Å²) in [5.41, 5.74) is 15.5. The van der Waals surface area contributed by atoms with Gasteiger partial charge in [-0.05, 0) is 167 Å². The monoisotopic (exact) mass is 1460 g/mol. The largest absolute Gasteiger partial charge is 0.402 e. The first-order chi connectivity index (χ1) is 48.9. The van der Waals surface area contributed by atoms with Gasteiger partial charge in [-0.25, -0.2) is 39.9 Å². The molecule has 5 aliphatic rings. The van der Waals surface area contributed by atoms with Gasteiger partial charge in [-0.1, -0.05) is 13.8 Å². The summed E-state index contributed by atoms with van der Waals surface area (Å²) in [6.07, 6.45) is 10.7. The third-order valence-corrected chi connectivity index (χ3v) is 20.0. The van der Waals surface area contributed by atoms with Crippen molar-refractivity contribution in [1.82, 2.24) is 45.1 Å². The Morgan fingerprint density at radius 3 is 1.69 bits per heavy atom. The average Bonchev–Trinajstić information content (AvgIpc) is 1.44. The lowest BCUT2D eigenvalue weighted by molar-refractivity contribution is -0.169. The van der Waals surface area contributed by atoms with Crippen molar-refractivity contribution in [3.05, 3.63) is 126 Å². The van der Waals surface area contributed by atoms with E-state index in [-0.39, 0.29) is 51.5 Å². The molecule has 9 heterocycles. The van der Waals surface area contributed by atoms with Crippen LogP contribution >= 0.6 is 46.6 Å². The van der Waals surface area contributed by atoms with Crippen molar-refractivity contribution in [2.75, 3.05) is 101 Å². The number of nitrogens with one attached hydrogen (secondary N) is 6. The number of anilines is 10. The molecule has 5 aromatic heterocycles. The molecule has 0 radical (unpaired) electrons. The van der Waals surface area contributed by atoms with Crippen molar-refractivity contribution in [2.45, 2.75) is 134 Å². The Bertz CT molecular complexity index is 4270. The van der Waals surface area contributed by atoms with Crippen LogP contribution in [0.2, 0.25) is 0 Å². The molecular formula is C70H97N21O6S4. The number of aromatic nitrogens is 9. The van der Waals surface area contributed by atoms with E-state index >= 15 is 0 Å². The number of thiazole rings is 1. The maximum Gasteiger partial charge on any atom is 0.227 e. The molecule has 542 valence electrons. The van der Waals surface area contributed by atoms with Gasteiger partial charge >= 0.3 is 0 Å². The van der Waals surface area contributed by atoms with E-state index in [4.69, 9.17) is 50.6 Å². The van der Waals surface area contributed by atoms with Crippen LogP contribution in [0.25, 0.3) is 0 Å². The number of amides is 3. The molecule has 1 aliphatic carbocycles.